The van der Waals surface area contributed by atoms with Gasteiger partial charge in [0.05, 0.1) is 5.69 Å². The second kappa shape index (κ2) is 6.02. The minimum Gasteiger partial charge on any atom is -0.459 e. The van der Waals surface area contributed by atoms with Crippen molar-refractivity contribution in [1.82, 2.24) is 20.4 Å². The van der Waals surface area contributed by atoms with E-state index in [9.17, 15) is 0 Å². The van der Waals surface area contributed by atoms with Crippen molar-refractivity contribution >= 4 is 11.3 Å². The van der Waals surface area contributed by atoms with E-state index in [4.69, 9.17) is 8.94 Å². The van der Waals surface area contributed by atoms with Crippen LogP contribution in [0.2, 0.25) is 0 Å². The predicted octanol–water partition coefficient (Wildman–Crippen LogP) is 3.22. The molecule has 0 fully saturated rings. The fourth-order valence-corrected chi connectivity index (χ4v) is 3.00. The van der Waals surface area contributed by atoms with Crippen LogP contribution in [0.25, 0.3) is 21.5 Å². The number of nitrogens with one attached hydrogen (secondary N) is 1. The van der Waals surface area contributed by atoms with E-state index >= 15 is 0 Å². The number of rotatable bonds is 5. The van der Waals surface area contributed by atoms with Gasteiger partial charge in [-0.1, -0.05) is 5.16 Å². The maximum absolute atomic E-state index is 5.62. The highest BCUT2D eigenvalue weighted by Gasteiger charge is 2.19. The average Bonchev–Trinajstić information content (AvgIpc) is 3.19. The summed E-state index contributed by atoms with van der Waals surface area (Å²) in [5, 5.41) is 8.02. The van der Waals surface area contributed by atoms with Crippen molar-refractivity contribution in [3.63, 3.8) is 0 Å². The highest BCUT2D eigenvalue weighted by Crippen LogP contribution is 2.35. The van der Waals surface area contributed by atoms with Gasteiger partial charge in [0.2, 0.25) is 0 Å². The standard InChI is InChI=1S/C15H18N4O2S/c1-8(16-4)7-12-18-14(21-19-12)13-10(3)17-15(22-13)11-6-5-9(2)20-11/h5-6,8,16H,7H2,1-4H3. The molecular weight excluding hydrogens is 300 g/mol. The molecule has 3 aromatic heterocycles. The van der Waals surface area contributed by atoms with Gasteiger partial charge in [-0.25, -0.2) is 4.98 Å². The molecule has 0 amide bonds. The van der Waals surface area contributed by atoms with Crippen molar-refractivity contribution in [2.75, 3.05) is 7.05 Å². The normalized spacial score (nSPS) is 12.7. The number of likely N-dealkylation sites (N-methyl/N-ethyl adjacent to an activating group) is 1. The molecule has 0 bridgehead atoms. The summed E-state index contributed by atoms with van der Waals surface area (Å²) in [5.74, 6) is 2.84. The van der Waals surface area contributed by atoms with Crippen LogP contribution in [0.3, 0.4) is 0 Å². The molecule has 3 rings (SSSR count). The molecule has 6 nitrogen and oxygen atoms in total. The van der Waals surface area contributed by atoms with Gasteiger partial charge >= 0.3 is 0 Å². The second-order valence-corrected chi connectivity index (χ2v) is 6.25. The van der Waals surface area contributed by atoms with Crippen molar-refractivity contribution in [3.05, 3.63) is 29.4 Å². The lowest BCUT2D eigenvalue weighted by molar-refractivity contribution is 0.418. The summed E-state index contributed by atoms with van der Waals surface area (Å²) in [6, 6.07) is 4.15. The van der Waals surface area contributed by atoms with Crippen LogP contribution in [-0.4, -0.2) is 28.2 Å². The van der Waals surface area contributed by atoms with Crippen LogP contribution in [0.15, 0.2) is 21.1 Å². The summed E-state index contributed by atoms with van der Waals surface area (Å²) < 4.78 is 11.0. The molecule has 3 aromatic rings. The zero-order chi connectivity index (χ0) is 15.7. The Morgan fingerprint density at radius 1 is 1.27 bits per heavy atom. The quantitative estimate of drug-likeness (QED) is 0.778. The first kappa shape index (κ1) is 14.9. The summed E-state index contributed by atoms with van der Waals surface area (Å²) >= 11 is 1.50. The summed E-state index contributed by atoms with van der Waals surface area (Å²) in [6.45, 7) is 5.93. The monoisotopic (exact) mass is 318 g/mol. The van der Waals surface area contributed by atoms with Crippen molar-refractivity contribution in [2.24, 2.45) is 0 Å². The molecule has 1 N–H and O–H groups in total. The Kier molecular flexibility index (Phi) is 4.08. The third-order valence-corrected chi connectivity index (χ3v) is 4.55. The van der Waals surface area contributed by atoms with E-state index in [1.165, 1.54) is 11.3 Å². The largest absolute Gasteiger partial charge is 0.459 e. The van der Waals surface area contributed by atoms with E-state index < -0.39 is 0 Å². The third-order valence-electron chi connectivity index (χ3n) is 3.39. The maximum Gasteiger partial charge on any atom is 0.269 e. The van der Waals surface area contributed by atoms with E-state index in [-0.39, 0.29) is 0 Å². The fourth-order valence-electron chi connectivity index (χ4n) is 2.05. The Hall–Kier alpha value is -1.99. The van der Waals surface area contributed by atoms with Crippen molar-refractivity contribution in [1.29, 1.82) is 0 Å². The van der Waals surface area contributed by atoms with Crippen LogP contribution in [0.1, 0.15) is 24.2 Å². The first-order valence-corrected chi connectivity index (χ1v) is 7.93. The first-order chi connectivity index (χ1) is 10.6. The van der Waals surface area contributed by atoms with E-state index in [0.717, 1.165) is 33.5 Å². The molecule has 1 unspecified atom stereocenters. The predicted molar refractivity (Wildman–Crippen MR) is 84.8 cm³/mol. The molecule has 0 radical (unpaired) electrons. The topological polar surface area (TPSA) is 77.0 Å². The fraction of sp³-hybridized carbons (Fsp3) is 0.400. The van der Waals surface area contributed by atoms with E-state index in [2.05, 4.69) is 27.4 Å². The van der Waals surface area contributed by atoms with Crippen molar-refractivity contribution in [3.8, 4) is 21.5 Å². The number of nitrogens with zero attached hydrogens (tertiary/aromatic N) is 3. The summed E-state index contributed by atoms with van der Waals surface area (Å²) in [4.78, 5) is 9.89. The number of thiazole rings is 1. The number of hydrogen-bond donors (Lipinski definition) is 1. The van der Waals surface area contributed by atoms with Gasteiger partial charge in [-0.05, 0) is 40.0 Å². The van der Waals surface area contributed by atoms with Crippen LogP contribution in [-0.2, 0) is 6.42 Å². The molecule has 1 atom stereocenters. The molecule has 0 spiro atoms. The lowest BCUT2D eigenvalue weighted by Gasteiger charge is -2.04. The van der Waals surface area contributed by atoms with Crippen LogP contribution >= 0.6 is 11.3 Å². The minimum absolute atomic E-state index is 0.301. The summed E-state index contributed by atoms with van der Waals surface area (Å²) in [7, 11) is 1.91. The molecule has 0 saturated carbocycles. The highest BCUT2D eigenvalue weighted by atomic mass is 32.1. The average molecular weight is 318 g/mol. The van der Waals surface area contributed by atoms with Gasteiger partial charge in [0, 0.05) is 12.5 Å². The van der Waals surface area contributed by atoms with Gasteiger partial charge in [0.25, 0.3) is 5.89 Å². The number of hydrogen-bond acceptors (Lipinski definition) is 7. The van der Waals surface area contributed by atoms with E-state index in [1.54, 1.807) is 0 Å². The smallest absolute Gasteiger partial charge is 0.269 e. The molecule has 0 aromatic carbocycles. The molecule has 3 heterocycles. The lowest BCUT2D eigenvalue weighted by atomic mass is 10.2. The Morgan fingerprint density at radius 2 is 2.09 bits per heavy atom. The molecule has 0 aliphatic rings. The van der Waals surface area contributed by atoms with Gasteiger partial charge < -0.3 is 14.3 Å². The number of furan rings is 1. The molecule has 0 aliphatic heterocycles. The second-order valence-electron chi connectivity index (χ2n) is 5.25. The minimum atomic E-state index is 0.301. The molecule has 0 aliphatic carbocycles. The van der Waals surface area contributed by atoms with Gasteiger partial charge in [-0.15, -0.1) is 11.3 Å². The summed E-state index contributed by atoms with van der Waals surface area (Å²) in [5.41, 5.74) is 0.867. The Labute approximate surface area is 132 Å². The van der Waals surface area contributed by atoms with Crippen molar-refractivity contribution < 1.29 is 8.94 Å². The molecule has 7 heteroatoms. The molecular formula is C15H18N4O2S. The molecule has 0 saturated heterocycles. The third kappa shape index (κ3) is 2.95. The van der Waals surface area contributed by atoms with E-state index in [0.29, 0.717) is 17.8 Å². The van der Waals surface area contributed by atoms with Crippen LogP contribution in [0, 0.1) is 13.8 Å². The van der Waals surface area contributed by atoms with Gasteiger partial charge in [0.1, 0.15) is 10.6 Å². The number of aromatic nitrogens is 3. The highest BCUT2D eigenvalue weighted by molar-refractivity contribution is 7.18. The number of aryl methyl sites for hydroxylation is 2. The molecule has 22 heavy (non-hydrogen) atoms. The van der Waals surface area contributed by atoms with Crippen LogP contribution in [0.5, 0.6) is 0 Å². The zero-order valence-electron chi connectivity index (χ0n) is 13.0. The maximum atomic E-state index is 5.62. The Balaban J connectivity index is 1.87. The first-order valence-electron chi connectivity index (χ1n) is 7.11. The summed E-state index contributed by atoms with van der Waals surface area (Å²) in [6.07, 6.45) is 0.724. The zero-order valence-corrected chi connectivity index (χ0v) is 13.8. The lowest BCUT2D eigenvalue weighted by Crippen LogP contribution is -2.24. The molecule has 116 valence electrons. The van der Waals surface area contributed by atoms with E-state index in [1.807, 2.05) is 33.0 Å². The van der Waals surface area contributed by atoms with Gasteiger partial charge in [0.15, 0.2) is 16.6 Å². The Morgan fingerprint density at radius 3 is 2.77 bits per heavy atom. The van der Waals surface area contributed by atoms with Gasteiger partial charge in [-0.3, -0.25) is 0 Å². The van der Waals surface area contributed by atoms with Gasteiger partial charge in [-0.2, -0.15) is 4.98 Å². The van der Waals surface area contributed by atoms with Crippen LogP contribution in [0.4, 0.5) is 0 Å². The SMILES string of the molecule is CNC(C)Cc1noc(-c2sc(-c3ccc(C)o3)nc2C)n1. The van der Waals surface area contributed by atoms with Crippen molar-refractivity contribution in [2.45, 2.75) is 33.2 Å². The Bertz CT molecular complexity index is 774. The van der Waals surface area contributed by atoms with Crippen LogP contribution < -0.4 is 5.32 Å².